The van der Waals surface area contributed by atoms with E-state index in [1.165, 1.54) is 24.3 Å². The highest BCUT2D eigenvalue weighted by Crippen LogP contribution is 2.22. The highest BCUT2D eigenvalue weighted by atomic mass is 32.3. The van der Waals surface area contributed by atoms with E-state index in [2.05, 4.69) is 19.5 Å². The van der Waals surface area contributed by atoms with Crippen molar-refractivity contribution in [3.05, 3.63) is 64.6 Å². The summed E-state index contributed by atoms with van der Waals surface area (Å²) in [6, 6.07) is 9.20. The van der Waals surface area contributed by atoms with Crippen LogP contribution in [0.3, 0.4) is 0 Å². The highest BCUT2D eigenvalue weighted by Gasteiger charge is 2.21. The Balaban J connectivity index is 1.90. The van der Waals surface area contributed by atoms with Gasteiger partial charge in [-0.3, -0.25) is 23.8 Å². The number of aromatic nitrogens is 2. The highest BCUT2D eigenvalue weighted by molar-refractivity contribution is 7.91. The number of carbonyl (C=O) groups excluding carboxylic acids is 1. The second-order valence-electron chi connectivity index (χ2n) is 7.08. The van der Waals surface area contributed by atoms with Crippen molar-refractivity contribution < 1.29 is 43.3 Å². The van der Waals surface area contributed by atoms with Crippen LogP contribution < -0.4 is 11.3 Å². The van der Waals surface area contributed by atoms with E-state index in [1.54, 1.807) is 0 Å². The first-order valence-electron chi connectivity index (χ1n) is 9.68. The first-order valence-corrected chi connectivity index (χ1v) is 14.1. The topological polar surface area (TPSA) is 258 Å². The summed E-state index contributed by atoms with van der Waals surface area (Å²) >= 11 is 0. The predicted octanol–water partition coefficient (Wildman–Crippen LogP) is 0.520. The fourth-order valence-electron chi connectivity index (χ4n) is 2.85. The zero-order valence-electron chi connectivity index (χ0n) is 18.2. The van der Waals surface area contributed by atoms with Crippen LogP contribution in [0.2, 0.25) is 0 Å². The van der Waals surface area contributed by atoms with Crippen molar-refractivity contribution in [3.63, 3.8) is 0 Å². The maximum absolute atomic E-state index is 12.8. The average Bonchev–Trinajstić information content (AvgIpc) is 3.13. The van der Waals surface area contributed by atoms with Crippen molar-refractivity contribution in [3.8, 4) is 5.69 Å². The first-order chi connectivity index (χ1) is 17.1. The number of nitrogens with zero attached hydrogens (tertiary/aromatic N) is 3. The number of H-pyrrole nitrogens is 1. The van der Waals surface area contributed by atoms with E-state index in [0.29, 0.717) is 0 Å². The average molecular weight is 576 g/mol. The van der Waals surface area contributed by atoms with E-state index < -0.39 is 70.5 Å². The predicted molar refractivity (Wildman–Crippen MR) is 125 cm³/mol. The molecule has 0 radical (unpaired) electrons. The number of nitrogens with one attached hydrogen (secondary N) is 1. The van der Waals surface area contributed by atoms with Gasteiger partial charge >= 0.3 is 10.4 Å². The summed E-state index contributed by atoms with van der Waals surface area (Å²) < 4.78 is 90.8. The molecule has 1 heterocycles. The van der Waals surface area contributed by atoms with E-state index >= 15 is 0 Å². The van der Waals surface area contributed by atoms with Gasteiger partial charge in [0.2, 0.25) is 0 Å². The number of aromatic amines is 1. The van der Waals surface area contributed by atoms with Crippen molar-refractivity contribution >= 4 is 47.6 Å². The zero-order chi connectivity index (χ0) is 27.6. The quantitative estimate of drug-likeness (QED) is 0.191. The Kier molecular flexibility index (Phi) is 7.76. The Morgan fingerprint density at radius 3 is 2.19 bits per heavy atom. The van der Waals surface area contributed by atoms with Crippen molar-refractivity contribution in [2.75, 3.05) is 12.4 Å². The minimum atomic E-state index is -4.80. The van der Waals surface area contributed by atoms with Crippen LogP contribution in [0.5, 0.6) is 0 Å². The Hall–Kier alpha value is -3.75. The van der Waals surface area contributed by atoms with Crippen molar-refractivity contribution in [2.45, 2.75) is 9.79 Å². The van der Waals surface area contributed by atoms with Gasteiger partial charge in [-0.1, -0.05) is 6.07 Å². The van der Waals surface area contributed by atoms with E-state index in [9.17, 15) is 39.4 Å². The molecule has 0 aliphatic rings. The number of amides is 1. The summed E-state index contributed by atoms with van der Waals surface area (Å²) in [5, 5.41) is 9.88. The molecule has 0 spiro atoms. The summed E-state index contributed by atoms with van der Waals surface area (Å²) in [5.41, 5.74) is 3.31. The molecule has 1 amide bonds. The van der Waals surface area contributed by atoms with E-state index in [0.717, 1.165) is 28.9 Å². The van der Waals surface area contributed by atoms with Gasteiger partial charge in [0.15, 0.2) is 21.2 Å². The lowest BCUT2D eigenvalue weighted by atomic mass is 10.3. The molecule has 0 saturated heterocycles. The summed E-state index contributed by atoms with van der Waals surface area (Å²) in [5.74, 6) is -1.85. The molecule has 0 aliphatic carbocycles. The number of carbonyl (C=O) groups is 1. The van der Waals surface area contributed by atoms with E-state index in [4.69, 9.17) is 10.3 Å². The van der Waals surface area contributed by atoms with Gasteiger partial charge in [0, 0.05) is 0 Å². The molecule has 37 heavy (non-hydrogen) atoms. The number of nitrogens with two attached hydrogens (primary N) is 1. The number of hydrogen-bond donors (Lipinski definition) is 4. The number of sulfone groups is 1. The molecular formula is C18H17N5O11S3. The number of primary amides is 1. The lowest BCUT2D eigenvalue weighted by Crippen LogP contribution is -2.15. The molecule has 0 atom stereocenters. The summed E-state index contributed by atoms with van der Waals surface area (Å²) in [6.45, 7) is -0.814. The second kappa shape index (κ2) is 10.3. The van der Waals surface area contributed by atoms with Crippen LogP contribution in [-0.4, -0.2) is 62.4 Å². The fraction of sp³-hybridized carbons (Fsp3) is 0.111. The van der Waals surface area contributed by atoms with Gasteiger partial charge in [-0.05, 0) is 42.5 Å². The normalized spacial score (nSPS) is 12.7. The van der Waals surface area contributed by atoms with E-state index in [1.807, 2.05) is 0 Å². The van der Waals surface area contributed by atoms with Crippen molar-refractivity contribution in [2.24, 2.45) is 16.0 Å². The molecule has 3 aromatic rings. The van der Waals surface area contributed by atoms with Crippen LogP contribution in [0.25, 0.3) is 5.69 Å². The monoisotopic (exact) mass is 575 g/mol. The van der Waals surface area contributed by atoms with E-state index in [-0.39, 0.29) is 16.3 Å². The van der Waals surface area contributed by atoms with Crippen LogP contribution in [0.4, 0.5) is 11.4 Å². The molecule has 0 unspecified atom stereocenters. The van der Waals surface area contributed by atoms with Gasteiger partial charge in [0.25, 0.3) is 21.6 Å². The Morgan fingerprint density at radius 1 is 0.973 bits per heavy atom. The van der Waals surface area contributed by atoms with Gasteiger partial charge in [0.1, 0.15) is 0 Å². The summed E-state index contributed by atoms with van der Waals surface area (Å²) in [7, 11) is -13.4. The minimum absolute atomic E-state index is 0.0454. The molecule has 16 nitrogen and oxygen atoms in total. The van der Waals surface area contributed by atoms with Gasteiger partial charge in [-0.25, -0.2) is 17.3 Å². The van der Waals surface area contributed by atoms with Gasteiger partial charge in [-0.2, -0.15) is 21.9 Å². The SMILES string of the molecule is NC(=O)c1[nH]n(-c2cccc(S(=O)(=O)O)c2)c(=O)c1N=Nc1ccc(S(=O)(=O)CCOS(=O)(=O)O)cc1. The van der Waals surface area contributed by atoms with Crippen LogP contribution >= 0.6 is 0 Å². The molecule has 3 rings (SSSR count). The number of hydrogen-bond acceptors (Lipinski definition) is 11. The van der Waals surface area contributed by atoms with Crippen LogP contribution in [0.15, 0.2) is 73.3 Å². The van der Waals surface area contributed by atoms with Crippen LogP contribution in [-0.2, 0) is 34.5 Å². The molecule has 1 aromatic heterocycles. The maximum atomic E-state index is 12.8. The zero-order valence-corrected chi connectivity index (χ0v) is 20.7. The molecule has 2 aromatic carbocycles. The third-order valence-corrected chi connectivity index (χ3v) is 7.54. The fourth-order valence-corrected chi connectivity index (χ4v) is 4.86. The smallest absolute Gasteiger partial charge is 0.364 e. The molecule has 0 saturated carbocycles. The Bertz CT molecular complexity index is 1760. The molecule has 0 bridgehead atoms. The van der Waals surface area contributed by atoms with Crippen molar-refractivity contribution in [1.29, 1.82) is 0 Å². The van der Waals surface area contributed by atoms with Crippen molar-refractivity contribution in [1.82, 2.24) is 9.78 Å². The molecule has 0 aliphatic heterocycles. The minimum Gasteiger partial charge on any atom is -0.364 e. The molecular weight excluding hydrogens is 558 g/mol. The number of azo groups is 1. The first kappa shape index (κ1) is 27.8. The summed E-state index contributed by atoms with van der Waals surface area (Å²) in [4.78, 5) is 23.9. The largest absolute Gasteiger partial charge is 0.397 e. The Labute approximate surface area is 209 Å². The lowest BCUT2D eigenvalue weighted by Gasteiger charge is -2.04. The summed E-state index contributed by atoms with van der Waals surface area (Å²) in [6.07, 6.45) is 0. The van der Waals surface area contributed by atoms with Gasteiger partial charge in [0.05, 0.1) is 33.5 Å². The molecule has 198 valence electrons. The molecule has 19 heteroatoms. The van der Waals surface area contributed by atoms with Crippen LogP contribution in [0.1, 0.15) is 10.5 Å². The third kappa shape index (κ3) is 6.93. The third-order valence-electron chi connectivity index (χ3n) is 4.53. The van der Waals surface area contributed by atoms with Gasteiger partial charge in [-0.15, -0.1) is 5.11 Å². The standard InChI is InChI=1S/C18H17N5O11S3/c19-17(24)15-16(18(25)23(22-15)12-2-1-3-14(10-12)36(28,29)30)21-20-11-4-6-13(7-5-11)35(26,27)9-8-34-37(31,32)33/h1-7,10,22H,8-9H2,(H2,19,24)(H,28,29,30)(H,31,32,33). The van der Waals surface area contributed by atoms with Crippen LogP contribution in [0, 0.1) is 0 Å². The second-order valence-corrected chi connectivity index (χ2v) is 11.7. The Morgan fingerprint density at radius 2 is 1.62 bits per heavy atom. The van der Waals surface area contributed by atoms with Gasteiger partial charge < -0.3 is 5.73 Å². The molecule has 5 N–H and O–H groups in total. The number of benzene rings is 2. The number of rotatable bonds is 10. The molecule has 0 fully saturated rings. The maximum Gasteiger partial charge on any atom is 0.397 e. The lowest BCUT2D eigenvalue weighted by molar-refractivity contribution is 0.0995.